The predicted octanol–water partition coefficient (Wildman–Crippen LogP) is 3.11. The van der Waals surface area contributed by atoms with Gasteiger partial charge in [-0.25, -0.2) is 14.8 Å². The molecule has 0 aliphatic carbocycles. The molecular weight excluding hydrogens is 318 g/mol. The number of methoxy groups -OCH3 is 1. The number of para-hydroxylation sites is 1. The Morgan fingerprint density at radius 2 is 1.68 bits per heavy atom. The van der Waals surface area contributed by atoms with Crippen molar-refractivity contribution >= 4 is 17.0 Å². The lowest BCUT2D eigenvalue weighted by Gasteiger charge is -2.03. The van der Waals surface area contributed by atoms with Gasteiger partial charge in [0.25, 0.3) is 0 Å². The van der Waals surface area contributed by atoms with Crippen molar-refractivity contribution in [1.82, 2.24) is 19.1 Å². The van der Waals surface area contributed by atoms with Gasteiger partial charge in [0.15, 0.2) is 11.5 Å². The van der Waals surface area contributed by atoms with Crippen LogP contribution in [0.2, 0.25) is 0 Å². The third kappa shape index (κ3) is 4.67. The first-order chi connectivity index (χ1) is 11.7. The second-order valence-corrected chi connectivity index (χ2v) is 4.54. The monoisotopic (exact) mass is 347 g/mol. The molecule has 0 atom stereocenters. The highest BCUT2D eigenvalue weighted by molar-refractivity contribution is 5.83. The highest BCUT2D eigenvalue weighted by Gasteiger charge is 2.17. The molecule has 3 aromatic rings. The second-order valence-electron chi connectivity index (χ2n) is 4.54. The summed E-state index contributed by atoms with van der Waals surface area (Å²) in [4.78, 5) is 20.6. The van der Waals surface area contributed by atoms with Crippen LogP contribution < -0.4 is 11.4 Å². The summed E-state index contributed by atoms with van der Waals surface area (Å²) in [5, 5.41) is 0. The first-order valence-electron chi connectivity index (χ1n) is 7.82. The number of hydrogen-bond donors (Lipinski definition) is 1. The third-order valence-corrected chi connectivity index (χ3v) is 3.06. The van der Waals surface area contributed by atoms with Gasteiger partial charge in [0.2, 0.25) is 0 Å². The summed E-state index contributed by atoms with van der Waals surface area (Å²) >= 11 is 0. The minimum absolute atomic E-state index is 0. The zero-order valence-electron chi connectivity index (χ0n) is 14.9. The lowest BCUT2D eigenvalue weighted by atomic mass is 10.3. The van der Waals surface area contributed by atoms with Crippen molar-refractivity contribution in [2.75, 3.05) is 20.0 Å². The van der Waals surface area contributed by atoms with Crippen LogP contribution in [0.4, 0.5) is 5.82 Å². The zero-order valence-corrected chi connectivity index (χ0v) is 14.9. The maximum absolute atomic E-state index is 12.5. The molecule has 3 rings (SSSR count). The number of imidazole rings is 1. The molecule has 2 N–H and O–H groups in total. The molecule has 0 unspecified atom stereocenters. The average molecular weight is 347 g/mol. The minimum atomic E-state index is -0.157. The molecule has 1 aromatic carbocycles. The van der Waals surface area contributed by atoms with E-state index >= 15 is 0 Å². The van der Waals surface area contributed by atoms with Crippen molar-refractivity contribution in [3.63, 3.8) is 0 Å². The van der Waals surface area contributed by atoms with Crippen molar-refractivity contribution in [1.29, 1.82) is 0 Å². The van der Waals surface area contributed by atoms with Crippen molar-refractivity contribution in [2.24, 2.45) is 0 Å². The fraction of sp³-hybridized carbons (Fsp3) is 0.389. The number of anilines is 1. The van der Waals surface area contributed by atoms with Crippen LogP contribution in [-0.4, -0.2) is 33.3 Å². The molecule has 0 saturated carbocycles. The summed E-state index contributed by atoms with van der Waals surface area (Å²) in [6, 6.07) is 9.35. The Morgan fingerprint density at radius 3 is 2.20 bits per heavy atom. The van der Waals surface area contributed by atoms with E-state index in [1.54, 1.807) is 23.4 Å². The molecule has 0 aliphatic heterocycles. The summed E-state index contributed by atoms with van der Waals surface area (Å²) in [6.07, 6.45) is 1.37. The number of aromatic nitrogens is 4. The summed E-state index contributed by atoms with van der Waals surface area (Å²) in [5.41, 5.74) is 7.62. The summed E-state index contributed by atoms with van der Waals surface area (Å²) < 4.78 is 7.38. The first kappa shape index (κ1) is 22.3. The molecule has 0 fully saturated rings. The molecule has 2 aromatic heterocycles. The molecule has 0 spiro atoms. The summed E-state index contributed by atoms with van der Waals surface area (Å²) in [5.74, 6) is 0.304. The number of nitrogen functional groups attached to an aromatic ring is 1. The maximum Gasteiger partial charge on any atom is 0.335 e. The van der Waals surface area contributed by atoms with Gasteiger partial charge in [-0.05, 0) is 19.1 Å². The van der Waals surface area contributed by atoms with E-state index in [1.807, 2.05) is 51.1 Å². The van der Waals surface area contributed by atoms with E-state index in [2.05, 4.69) is 14.7 Å². The Hall–Kier alpha value is -2.67. The third-order valence-electron chi connectivity index (χ3n) is 3.06. The lowest BCUT2D eigenvalue weighted by Crippen LogP contribution is -2.22. The van der Waals surface area contributed by atoms with E-state index in [-0.39, 0.29) is 13.1 Å². The number of nitrogens with two attached hydrogens (primary N) is 1. The van der Waals surface area contributed by atoms with Crippen LogP contribution in [0.5, 0.6) is 0 Å². The average Bonchev–Trinajstić information content (AvgIpc) is 2.91. The number of benzene rings is 1. The first-order valence-corrected chi connectivity index (χ1v) is 7.82. The lowest BCUT2D eigenvalue weighted by molar-refractivity contribution is 0.277. The molecule has 0 saturated heterocycles. The van der Waals surface area contributed by atoms with E-state index in [9.17, 15) is 4.79 Å². The van der Waals surface area contributed by atoms with Crippen LogP contribution in [-0.2, 0) is 11.3 Å². The molecule has 0 amide bonds. The van der Waals surface area contributed by atoms with Crippen LogP contribution in [0.3, 0.4) is 0 Å². The van der Waals surface area contributed by atoms with Crippen molar-refractivity contribution in [3.05, 3.63) is 47.1 Å². The molecule has 2 heterocycles. The van der Waals surface area contributed by atoms with Crippen LogP contribution in [0.1, 0.15) is 28.2 Å². The van der Waals surface area contributed by atoms with Crippen LogP contribution in [0.15, 0.2) is 41.5 Å². The van der Waals surface area contributed by atoms with Crippen LogP contribution in [0.25, 0.3) is 16.9 Å². The number of fused-ring (bicyclic) bond motifs is 1. The minimum Gasteiger partial charge on any atom is -0.388 e. The Morgan fingerprint density at radius 1 is 1.12 bits per heavy atom. The number of hydrogen-bond acceptors (Lipinski definition) is 5. The van der Waals surface area contributed by atoms with Gasteiger partial charge in [-0.3, -0.25) is 9.13 Å². The Kier molecular flexibility index (Phi) is 9.81. The molecule has 7 nitrogen and oxygen atoms in total. The molecule has 138 valence electrons. The molecular formula is C18H29N5O2. The van der Waals surface area contributed by atoms with Gasteiger partial charge >= 0.3 is 5.69 Å². The van der Waals surface area contributed by atoms with Gasteiger partial charge in [0.1, 0.15) is 11.8 Å². The van der Waals surface area contributed by atoms with Crippen molar-refractivity contribution < 1.29 is 4.74 Å². The van der Waals surface area contributed by atoms with Crippen LogP contribution >= 0.6 is 0 Å². The topological polar surface area (TPSA) is 88.0 Å². The van der Waals surface area contributed by atoms with Gasteiger partial charge in [-0.2, -0.15) is 0 Å². The van der Waals surface area contributed by atoms with Gasteiger partial charge in [-0.1, -0.05) is 39.5 Å². The molecule has 25 heavy (non-hydrogen) atoms. The zero-order chi connectivity index (χ0) is 18.1. The number of ether oxygens (including phenoxy) is 1. The standard InChI is InChI=1S/C13H13N5O.C2H6O.C2H6.CH4/c1-2-17-12-10(11(14)15-8-16-12)18(13(17)19)9-6-4-3-5-7-9;1-3-2;1-2;/h3-8H,2H2,1H3,(H2,14,15,16);1-2H3;1-2H3;1H4. The van der Waals surface area contributed by atoms with Gasteiger partial charge in [0.05, 0.1) is 5.69 Å². The van der Waals surface area contributed by atoms with E-state index in [1.165, 1.54) is 6.33 Å². The largest absolute Gasteiger partial charge is 0.388 e. The highest BCUT2D eigenvalue weighted by Crippen LogP contribution is 2.19. The number of nitrogens with zero attached hydrogens (tertiary/aromatic N) is 4. The van der Waals surface area contributed by atoms with Crippen LogP contribution in [0, 0.1) is 0 Å². The SMILES string of the molecule is C.CC.CCn1c(=O)n(-c2ccccc2)c2c(N)ncnc21.COC. The van der Waals surface area contributed by atoms with Crippen molar-refractivity contribution in [3.8, 4) is 5.69 Å². The molecule has 0 aliphatic rings. The maximum atomic E-state index is 12.5. The van der Waals surface area contributed by atoms with Gasteiger partial charge < -0.3 is 10.5 Å². The van der Waals surface area contributed by atoms with E-state index < -0.39 is 0 Å². The smallest absolute Gasteiger partial charge is 0.335 e. The van der Waals surface area contributed by atoms with E-state index in [4.69, 9.17) is 5.73 Å². The fourth-order valence-electron chi connectivity index (χ4n) is 2.20. The Bertz CT molecular complexity index is 809. The Labute approximate surface area is 149 Å². The Balaban J connectivity index is 0.000000872. The summed E-state index contributed by atoms with van der Waals surface area (Å²) in [6.45, 7) is 6.43. The van der Waals surface area contributed by atoms with E-state index in [0.29, 0.717) is 23.5 Å². The number of aryl methyl sites for hydroxylation is 1. The van der Waals surface area contributed by atoms with Gasteiger partial charge in [-0.15, -0.1) is 0 Å². The number of rotatable bonds is 2. The normalized spacial score (nSPS) is 9.32. The molecule has 0 radical (unpaired) electrons. The quantitative estimate of drug-likeness (QED) is 0.769. The predicted molar refractivity (Wildman–Crippen MR) is 104 cm³/mol. The molecule has 0 bridgehead atoms. The van der Waals surface area contributed by atoms with E-state index in [0.717, 1.165) is 5.69 Å². The second kappa shape index (κ2) is 11.0. The van der Waals surface area contributed by atoms with Crippen molar-refractivity contribution in [2.45, 2.75) is 34.7 Å². The summed E-state index contributed by atoms with van der Waals surface area (Å²) in [7, 11) is 3.25. The van der Waals surface area contributed by atoms with Gasteiger partial charge in [0, 0.05) is 20.8 Å². The highest BCUT2D eigenvalue weighted by atomic mass is 16.4. The molecule has 7 heteroatoms. The fourth-order valence-corrected chi connectivity index (χ4v) is 2.20.